The number of carbonyl (C=O) groups excluding carboxylic acids is 2. The van der Waals surface area contributed by atoms with Crippen LogP contribution >= 0.6 is 0 Å². The topological polar surface area (TPSA) is 85.3 Å². The molecule has 0 radical (unpaired) electrons. The number of esters is 1. The van der Waals surface area contributed by atoms with E-state index in [-0.39, 0.29) is 18.9 Å². The maximum atomic E-state index is 12.7. The number of aliphatic hydroxyl groups excluding tert-OH is 1. The SMILES string of the molecule is CCOC(=O)CC1C(=O)N(CC)c2cc(OC)c(OC)cc2C1O. The number of hydrogen-bond donors (Lipinski definition) is 1. The van der Waals surface area contributed by atoms with Gasteiger partial charge in [-0.1, -0.05) is 0 Å². The fourth-order valence-corrected chi connectivity index (χ4v) is 2.95. The van der Waals surface area contributed by atoms with E-state index in [1.807, 2.05) is 6.92 Å². The van der Waals surface area contributed by atoms with Gasteiger partial charge < -0.3 is 24.2 Å². The lowest BCUT2D eigenvalue weighted by molar-refractivity contribution is -0.148. The zero-order valence-electron chi connectivity index (χ0n) is 14.4. The molecule has 0 bridgehead atoms. The van der Waals surface area contributed by atoms with Crippen LogP contribution in [0.25, 0.3) is 0 Å². The summed E-state index contributed by atoms with van der Waals surface area (Å²) in [6.45, 7) is 4.17. The summed E-state index contributed by atoms with van der Waals surface area (Å²) in [6, 6.07) is 3.31. The van der Waals surface area contributed by atoms with Gasteiger partial charge in [0.1, 0.15) is 0 Å². The van der Waals surface area contributed by atoms with Crippen LogP contribution in [-0.4, -0.2) is 44.4 Å². The zero-order valence-corrected chi connectivity index (χ0v) is 14.4. The average molecular weight is 337 g/mol. The van der Waals surface area contributed by atoms with Crippen molar-refractivity contribution in [3.8, 4) is 11.5 Å². The van der Waals surface area contributed by atoms with Crippen LogP contribution in [0.15, 0.2) is 12.1 Å². The number of nitrogens with zero attached hydrogens (tertiary/aromatic N) is 1. The molecule has 7 heteroatoms. The van der Waals surface area contributed by atoms with Gasteiger partial charge in [0, 0.05) is 18.2 Å². The predicted molar refractivity (Wildman–Crippen MR) is 87.3 cm³/mol. The van der Waals surface area contributed by atoms with Crippen molar-refractivity contribution < 1.29 is 28.9 Å². The average Bonchev–Trinajstić information content (AvgIpc) is 2.58. The number of aliphatic hydroxyl groups is 1. The molecule has 132 valence electrons. The molecule has 0 saturated carbocycles. The smallest absolute Gasteiger partial charge is 0.306 e. The van der Waals surface area contributed by atoms with Gasteiger partial charge in [-0.2, -0.15) is 0 Å². The molecule has 1 aromatic carbocycles. The molecule has 7 nitrogen and oxygen atoms in total. The highest BCUT2D eigenvalue weighted by atomic mass is 16.5. The largest absolute Gasteiger partial charge is 0.493 e. The van der Waals surface area contributed by atoms with Crippen LogP contribution in [0.5, 0.6) is 11.5 Å². The van der Waals surface area contributed by atoms with Gasteiger partial charge in [-0.05, 0) is 19.9 Å². The highest BCUT2D eigenvalue weighted by Gasteiger charge is 2.41. The maximum Gasteiger partial charge on any atom is 0.306 e. The molecule has 1 aromatic rings. The third-order valence-corrected chi connectivity index (χ3v) is 4.11. The third kappa shape index (κ3) is 3.17. The second kappa shape index (κ2) is 7.53. The van der Waals surface area contributed by atoms with Gasteiger partial charge in [0.2, 0.25) is 5.91 Å². The van der Waals surface area contributed by atoms with Gasteiger partial charge in [-0.3, -0.25) is 9.59 Å². The van der Waals surface area contributed by atoms with E-state index < -0.39 is 18.0 Å². The molecule has 0 spiro atoms. The fourth-order valence-electron chi connectivity index (χ4n) is 2.95. The molecule has 1 heterocycles. The van der Waals surface area contributed by atoms with Crippen molar-refractivity contribution in [1.82, 2.24) is 0 Å². The van der Waals surface area contributed by atoms with Crippen molar-refractivity contribution in [2.45, 2.75) is 26.4 Å². The van der Waals surface area contributed by atoms with E-state index in [1.54, 1.807) is 19.1 Å². The molecule has 0 aromatic heterocycles. The summed E-state index contributed by atoms with van der Waals surface area (Å²) in [5.74, 6) is -0.767. The van der Waals surface area contributed by atoms with E-state index >= 15 is 0 Å². The second-order valence-corrected chi connectivity index (χ2v) is 5.41. The van der Waals surface area contributed by atoms with E-state index in [9.17, 15) is 14.7 Å². The Labute approximate surface area is 141 Å². The van der Waals surface area contributed by atoms with Gasteiger partial charge in [-0.25, -0.2) is 0 Å². The van der Waals surface area contributed by atoms with Crippen LogP contribution in [0.3, 0.4) is 0 Å². The molecule has 1 N–H and O–H groups in total. The predicted octanol–water partition coefficient (Wildman–Crippen LogP) is 1.67. The zero-order chi connectivity index (χ0) is 17.9. The Morgan fingerprint density at radius 3 is 2.38 bits per heavy atom. The monoisotopic (exact) mass is 337 g/mol. The number of rotatable bonds is 6. The van der Waals surface area contributed by atoms with Crippen LogP contribution in [0.1, 0.15) is 31.9 Å². The van der Waals surface area contributed by atoms with Gasteiger partial charge in [0.15, 0.2) is 11.5 Å². The fraction of sp³-hybridized carbons (Fsp3) is 0.529. The van der Waals surface area contributed by atoms with Crippen molar-refractivity contribution in [2.75, 3.05) is 32.3 Å². The Bertz CT molecular complexity index is 630. The van der Waals surface area contributed by atoms with E-state index in [0.29, 0.717) is 29.3 Å². The first-order chi connectivity index (χ1) is 11.5. The third-order valence-electron chi connectivity index (χ3n) is 4.11. The molecule has 24 heavy (non-hydrogen) atoms. The van der Waals surface area contributed by atoms with Crippen LogP contribution in [0.4, 0.5) is 5.69 Å². The van der Waals surface area contributed by atoms with Crippen molar-refractivity contribution in [1.29, 1.82) is 0 Å². The first-order valence-electron chi connectivity index (χ1n) is 7.89. The molecule has 1 amide bonds. The number of ether oxygens (including phenoxy) is 3. The summed E-state index contributed by atoms with van der Waals surface area (Å²) in [7, 11) is 3.00. The highest BCUT2D eigenvalue weighted by molar-refractivity contribution is 6.00. The minimum absolute atomic E-state index is 0.169. The lowest BCUT2D eigenvalue weighted by atomic mass is 9.86. The maximum absolute atomic E-state index is 12.7. The van der Waals surface area contributed by atoms with Crippen molar-refractivity contribution in [3.05, 3.63) is 17.7 Å². The van der Waals surface area contributed by atoms with Crippen molar-refractivity contribution in [3.63, 3.8) is 0 Å². The summed E-state index contributed by atoms with van der Waals surface area (Å²) in [4.78, 5) is 26.0. The highest BCUT2D eigenvalue weighted by Crippen LogP contribution is 2.44. The van der Waals surface area contributed by atoms with Gasteiger partial charge >= 0.3 is 5.97 Å². The molecule has 1 aliphatic rings. The van der Waals surface area contributed by atoms with Gasteiger partial charge in [0.25, 0.3) is 0 Å². The van der Waals surface area contributed by atoms with Gasteiger partial charge in [0.05, 0.1) is 45.0 Å². The summed E-state index contributed by atoms with van der Waals surface area (Å²) in [5.41, 5.74) is 1.09. The van der Waals surface area contributed by atoms with Gasteiger partial charge in [-0.15, -0.1) is 0 Å². The molecule has 2 rings (SSSR count). The Morgan fingerprint density at radius 2 is 1.83 bits per heavy atom. The minimum Gasteiger partial charge on any atom is -0.493 e. The summed E-state index contributed by atoms with van der Waals surface area (Å²) in [5, 5.41) is 10.7. The van der Waals surface area contributed by atoms with E-state index in [0.717, 1.165) is 0 Å². The van der Waals surface area contributed by atoms with E-state index in [1.165, 1.54) is 19.1 Å². The summed E-state index contributed by atoms with van der Waals surface area (Å²) in [6.07, 6.45) is -1.28. The molecule has 1 aliphatic heterocycles. The quantitative estimate of drug-likeness (QED) is 0.795. The summed E-state index contributed by atoms with van der Waals surface area (Å²) < 4.78 is 15.5. The number of amides is 1. The van der Waals surface area contributed by atoms with Crippen LogP contribution in [-0.2, 0) is 14.3 Å². The normalized spacial score (nSPS) is 19.7. The molecule has 0 fully saturated rings. The van der Waals surface area contributed by atoms with Crippen molar-refractivity contribution >= 4 is 17.6 Å². The number of hydrogen-bond acceptors (Lipinski definition) is 6. The number of benzene rings is 1. The van der Waals surface area contributed by atoms with Crippen molar-refractivity contribution in [2.24, 2.45) is 5.92 Å². The number of fused-ring (bicyclic) bond motifs is 1. The Kier molecular flexibility index (Phi) is 5.66. The molecular formula is C17H23NO6. The molecular weight excluding hydrogens is 314 g/mol. The lowest BCUT2D eigenvalue weighted by Gasteiger charge is -2.37. The molecule has 2 unspecified atom stereocenters. The first kappa shape index (κ1) is 18.1. The molecule has 0 saturated heterocycles. The van der Waals surface area contributed by atoms with E-state index in [4.69, 9.17) is 14.2 Å². The Morgan fingerprint density at radius 1 is 1.21 bits per heavy atom. The lowest BCUT2D eigenvalue weighted by Crippen LogP contribution is -2.44. The Hall–Kier alpha value is -2.28. The molecule has 0 aliphatic carbocycles. The number of carbonyl (C=O) groups is 2. The van der Waals surface area contributed by atoms with Crippen LogP contribution in [0.2, 0.25) is 0 Å². The standard InChI is InChI=1S/C17H23NO6/c1-5-18-12-9-14(23-4)13(22-3)7-10(12)16(20)11(17(18)21)8-15(19)24-6-2/h7,9,11,16,20H,5-6,8H2,1-4H3. The van der Waals surface area contributed by atoms with E-state index in [2.05, 4.69) is 0 Å². The second-order valence-electron chi connectivity index (χ2n) is 5.41. The first-order valence-corrected chi connectivity index (χ1v) is 7.89. The number of anilines is 1. The minimum atomic E-state index is -1.11. The van der Waals surface area contributed by atoms with Crippen LogP contribution < -0.4 is 14.4 Å². The summed E-state index contributed by atoms with van der Waals surface area (Å²) >= 11 is 0. The Balaban J connectivity index is 2.47. The number of methoxy groups -OCH3 is 2. The molecule has 2 atom stereocenters. The van der Waals surface area contributed by atoms with Crippen LogP contribution in [0, 0.1) is 5.92 Å².